The zero-order valence-electron chi connectivity index (χ0n) is 16.3. The van der Waals surface area contributed by atoms with E-state index in [2.05, 4.69) is 5.32 Å². The Morgan fingerprint density at radius 1 is 0.900 bits per heavy atom. The molecule has 5 rings (SSSR count). The second-order valence-electron chi connectivity index (χ2n) is 7.52. The normalized spacial score (nSPS) is 20.0. The van der Waals surface area contributed by atoms with Crippen molar-refractivity contribution in [1.29, 1.82) is 0 Å². The van der Waals surface area contributed by atoms with E-state index in [4.69, 9.17) is 18.9 Å². The Balaban J connectivity index is 1.14. The quantitative estimate of drug-likeness (QED) is 0.837. The van der Waals surface area contributed by atoms with Crippen LogP contribution >= 0.6 is 0 Å². The van der Waals surface area contributed by atoms with Crippen molar-refractivity contribution in [2.75, 3.05) is 31.8 Å². The molecule has 30 heavy (non-hydrogen) atoms. The first-order valence-electron chi connectivity index (χ1n) is 10.1. The van der Waals surface area contributed by atoms with Crippen LogP contribution in [0, 0.1) is 5.92 Å². The van der Waals surface area contributed by atoms with Crippen LogP contribution in [-0.2, 0) is 9.59 Å². The number of piperidine rings is 1. The average molecular weight is 410 g/mol. The zero-order chi connectivity index (χ0) is 20.5. The van der Waals surface area contributed by atoms with E-state index in [1.54, 1.807) is 29.2 Å². The lowest BCUT2D eigenvalue weighted by Gasteiger charge is -2.35. The third kappa shape index (κ3) is 3.60. The molecule has 1 fully saturated rings. The SMILES string of the molecule is O=C(Nc1ccc2c(c1)OCO2)C1CCN(C(=O)C2COc3ccccc3O2)CC1. The van der Waals surface area contributed by atoms with E-state index in [0.717, 1.165) is 0 Å². The van der Waals surface area contributed by atoms with Crippen molar-refractivity contribution in [3.8, 4) is 23.0 Å². The van der Waals surface area contributed by atoms with Crippen molar-refractivity contribution in [3.63, 3.8) is 0 Å². The van der Waals surface area contributed by atoms with Gasteiger partial charge in [-0.05, 0) is 37.1 Å². The molecule has 2 aromatic rings. The van der Waals surface area contributed by atoms with Gasteiger partial charge in [-0.1, -0.05) is 12.1 Å². The van der Waals surface area contributed by atoms with Crippen molar-refractivity contribution in [3.05, 3.63) is 42.5 Å². The number of benzene rings is 2. The van der Waals surface area contributed by atoms with E-state index in [1.807, 2.05) is 18.2 Å². The lowest BCUT2D eigenvalue weighted by molar-refractivity contribution is -0.143. The van der Waals surface area contributed by atoms with E-state index < -0.39 is 6.10 Å². The molecule has 3 aliphatic rings. The van der Waals surface area contributed by atoms with Gasteiger partial charge in [-0.2, -0.15) is 0 Å². The van der Waals surface area contributed by atoms with Gasteiger partial charge in [0.05, 0.1) is 0 Å². The van der Waals surface area contributed by atoms with Crippen LogP contribution in [0.15, 0.2) is 42.5 Å². The van der Waals surface area contributed by atoms with Crippen LogP contribution in [0.25, 0.3) is 0 Å². The molecule has 0 aliphatic carbocycles. The number of para-hydroxylation sites is 2. The zero-order valence-corrected chi connectivity index (χ0v) is 16.3. The highest BCUT2D eigenvalue weighted by Crippen LogP contribution is 2.35. The summed E-state index contributed by atoms with van der Waals surface area (Å²) in [7, 11) is 0. The fourth-order valence-corrected chi connectivity index (χ4v) is 3.93. The largest absolute Gasteiger partial charge is 0.485 e. The van der Waals surface area contributed by atoms with Gasteiger partial charge in [0.25, 0.3) is 5.91 Å². The van der Waals surface area contributed by atoms with Crippen LogP contribution in [0.5, 0.6) is 23.0 Å². The van der Waals surface area contributed by atoms with Gasteiger partial charge in [0, 0.05) is 30.8 Å². The van der Waals surface area contributed by atoms with Crippen molar-refractivity contribution >= 4 is 17.5 Å². The third-order valence-corrected chi connectivity index (χ3v) is 5.60. The van der Waals surface area contributed by atoms with Gasteiger partial charge in [0.15, 0.2) is 23.0 Å². The highest BCUT2D eigenvalue weighted by atomic mass is 16.7. The lowest BCUT2D eigenvalue weighted by atomic mass is 9.95. The number of carbonyl (C=O) groups is 2. The minimum atomic E-state index is -0.654. The molecule has 0 saturated carbocycles. The van der Waals surface area contributed by atoms with Crippen LogP contribution in [-0.4, -0.2) is 49.3 Å². The Bertz CT molecular complexity index is 970. The van der Waals surface area contributed by atoms with Gasteiger partial charge in [-0.25, -0.2) is 0 Å². The molecule has 2 aromatic carbocycles. The molecule has 0 spiro atoms. The molecule has 1 unspecified atom stereocenters. The van der Waals surface area contributed by atoms with Crippen LogP contribution in [0.3, 0.4) is 0 Å². The summed E-state index contributed by atoms with van der Waals surface area (Å²) < 4.78 is 22.1. The number of amides is 2. The minimum absolute atomic E-state index is 0.0489. The summed E-state index contributed by atoms with van der Waals surface area (Å²) in [6, 6.07) is 12.7. The maximum Gasteiger partial charge on any atom is 0.267 e. The molecular weight excluding hydrogens is 388 g/mol. The van der Waals surface area contributed by atoms with Gasteiger partial charge in [0.2, 0.25) is 18.8 Å². The van der Waals surface area contributed by atoms with E-state index >= 15 is 0 Å². The number of nitrogens with zero attached hydrogens (tertiary/aromatic N) is 1. The fraction of sp³-hybridized carbons (Fsp3) is 0.364. The molecule has 1 saturated heterocycles. The first kappa shape index (κ1) is 18.6. The summed E-state index contributed by atoms with van der Waals surface area (Å²) in [4.78, 5) is 27.2. The number of fused-ring (bicyclic) bond motifs is 2. The van der Waals surface area contributed by atoms with Crippen LogP contribution in [0.2, 0.25) is 0 Å². The van der Waals surface area contributed by atoms with Crippen molar-refractivity contribution < 1.29 is 28.5 Å². The number of likely N-dealkylation sites (tertiary alicyclic amines) is 1. The van der Waals surface area contributed by atoms with Crippen LogP contribution in [0.4, 0.5) is 5.69 Å². The maximum absolute atomic E-state index is 12.8. The first-order chi connectivity index (χ1) is 14.7. The summed E-state index contributed by atoms with van der Waals surface area (Å²) >= 11 is 0. The van der Waals surface area contributed by atoms with E-state index in [0.29, 0.717) is 54.6 Å². The minimum Gasteiger partial charge on any atom is -0.485 e. The molecule has 1 atom stereocenters. The second-order valence-corrected chi connectivity index (χ2v) is 7.52. The molecule has 0 bridgehead atoms. The molecule has 1 N–H and O–H groups in total. The maximum atomic E-state index is 12.8. The van der Waals surface area contributed by atoms with Gasteiger partial charge >= 0.3 is 0 Å². The molecule has 0 aromatic heterocycles. The number of hydrogen-bond donors (Lipinski definition) is 1. The van der Waals surface area contributed by atoms with Gasteiger partial charge < -0.3 is 29.2 Å². The molecule has 8 heteroatoms. The molecule has 8 nitrogen and oxygen atoms in total. The Hall–Kier alpha value is -3.42. The number of hydrogen-bond acceptors (Lipinski definition) is 6. The van der Waals surface area contributed by atoms with Crippen molar-refractivity contribution in [2.24, 2.45) is 5.92 Å². The number of anilines is 1. The Morgan fingerprint density at radius 2 is 1.63 bits per heavy atom. The Kier molecular flexibility index (Phi) is 4.82. The molecule has 3 heterocycles. The van der Waals surface area contributed by atoms with E-state index in [-0.39, 0.29) is 31.1 Å². The Morgan fingerprint density at radius 3 is 2.47 bits per heavy atom. The van der Waals surface area contributed by atoms with Crippen molar-refractivity contribution in [1.82, 2.24) is 4.90 Å². The van der Waals surface area contributed by atoms with E-state index in [1.165, 1.54) is 0 Å². The summed E-state index contributed by atoms with van der Waals surface area (Å²) in [5.74, 6) is 2.25. The number of carbonyl (C=O) groups excluding carboxylic acids is 2. The summed E-state index contributed by atoms with van der Waals surface area (Å²) in [6.07, 6.45) is 0.553. The standard InChI is InChI=1S/C22H22N2O6/c25-21(23-15-5-6-17-19(11-15)29-13-28-17)14-7-9-24(10-8-14)22(26)20-12-27-16-3-1-2-4-18(16)30-20/h1-6,11,14,20H,7-10,12-13H2,(H,23,25). The second kappa shape index (κ2) is 7.78. The molecule has 2 amide bonds. The van der Waals surface area contributed by atoms with E-state index in [9.17, 15) is 9.59 Å². The van der Waals surface area contributed by atoms with Crippen molar-refractivity contribution in [2.45, 2.75) is 18.9 Å². The molecule has 3 aliphatic heterocycles. The van der Waals surface area contributed by atoms with Gasteiger partial charge in [-0.15, -0.1) is 0 Å². The summed E-state index contributed by atoms with van der Waals surface area (Å²) in [5.41, 5.74) is 0.675. The average Bonchev–Trinajstić information content (AvgIpc) is 3.26. The number of nitrogens with one attached hydrogen (secondary N) is 1. The third-order valence-electron chi connectivity index (χ3n) is 5.60. The van der Waals surface area contributed by atoms with Gasteiger partial charge in [-0.3, -0.25) is 9.59 Å². The fourth-order valence-electron chi connectivity index (χ4n) is 3.93. The van der Waals surface area contributed by atoms with Crippen LogP contribution in [0.1, 0.15) is 12.8 Å². The highest BCUT2D eigenvalue weighted by molar-refractivity contribution is 5.93. The van der Waals surface area contributed by atoms with Gasteiger partial charge in [0.1, 0.15) is 6.61 Å². The summed E-state index contributed by atoms with van der Waals surface area (Å²) in [6.45, 7) is 1.42. The molecule has 156 valence electrons. The monoisotopic (exact) mass is 410 g/mol. The lowest BCUT2D eigenvalue weighted by Crippen LogP contribution is -2.49. The highest BCUT2D eigenvalue weighted by Gasteiger charge is 2.34. The number of rotatable bonds is 3. The number of ether oxygens (including phenoxy) is 4. The topological polar surface area (TPSA) is 86.3 Å². The predicted octanol–water partition coefficient (Wildman–Crippen LogP) is 2.43. The Labute approximate surface area is 173 Å². The molecular formula is C22H22N2O6. The predicted molar refractivity (Wildman–Crippen MR) is 107 cm³/mol. The van der Waals surface area contributed by atoms with Crippen LogP contribution < -0.4 is 24.3 Å². The molecule has 0 radical (unpaired) electrons. The smallest absolute Gasteiger partial charge is 0.267 e. The first-order valence-corrected chi connectivity index (χ1v) is 10.1. The summed E-state index contributed by atoms with van der Waals surface area (Å²) in [5, 5.41) is 2.94.